The zero-order valence-corrected chi connectivity index (χ0v) is 12.4. The molecule has 21 heavy (non-hydrogen) atoms. The Morgan fingerprint density at radius 1 is 1.19 bits per heavy atom. The highest BCUT2D eigenvalue weighted by molar-refractivity contribution is 5.85. The molecule has 1 saturated heterocycles. The highest BCUT2D eigenvalue weighted by atomic mass is 16.1. The van der Waals surface area contributed by atoms with Crippen LogP contribution in [0.1, 0.15) is 18.9 Å². The zero-order valence-electron chi connectivity index (χ0n) is 12.4. The van der Waals surface area contributed by atoms with Gasteiger partial charge in [0.25, 0.3) is 0 Å². The van der Waals surface area contributed by atoms with Gasteiger partial charge in [-0.05, 0) is 35.2 Å². The normalized spacial score (nSPS) is 22.1. The van der Waals surface area contributed by atoms with Crippen LogP contribution in [0.5, 0.6) is 0 Å². The summed E-state index contributed by atoms with van der Waals surface area (Å²) in [6.45, 7) is 4.15. The minimum absolute atomic E-state index is 0.117. The molecule has 0 saturated carbocycles. The van der Waals surface area contributed by atoms with E-state index in [0.29, 0.717) is 12.3 Å². The van der Waals surface area contributed by atoms with Crippen molar-refractivity contribution in [1.29, 1.82) is 0 Å². The van der Waals surface area contributed by atoms with Crippen LogP contribution in [0.15, 0.2) is 42.5 Å². The van der Waals surface area contributed by atoms with Gasteiger partial charge in [-0.1, -0.05) is 49.4 Å². The smallest absolute Gasteiger partial charge is 0.224 e. The van der Waals surface area contributed by atoms with E-state index in [-0.39, 0.29) is 11.9 Å². The van der Waals surface area contributed by atoms with E-state index in [4.69, 9.17) is 0 Å². The van der Waals surface area contributed by atoms with Crippen LogP contribution in [-0.4, -0.2) is 25.0 Å². The van der Waals surface area contributed by atoms with Gasteiger partial charge in [-0.3, -0.25) is 4.79 Å². The largest absolute Gasteiger partial charge is 0.352 e. The number of fused-ring (bicyclic) bond motifs is 1. The number of carbonyl (C=O) groups is 1. The second-order valence-electron chi connectivity index (χ2n) is 6.12. The van der Waals surface area contributed by atoms with Crippen molar-refractivity contribution in [1.82, 2.24) is 10.6 Å². The lowest BCUT2D eigenvalue weighted by molar-refractivity contribution is -0.121. The van der Waals surface area contributed by atoms with Gasteiger partial charge in [-0.2, -0.15) is 0 Å². The lowest BCUT2D eigenvalue weighted by Crippen LogP contribution is -2.48. The third-order valence-corrected chi connectivity index (χ3v) is 4.11. The van der Waals surface area contributed by atoms with Crippen molar-refractivity contribution in [3.05, 3.63) is 48.0 Å². The summed E-state index contributed by atoms with van der Waals surface area (Å²) in [6, 6.07) is 14.7. The summed E-state index contributed by atoms with van der Waals surface area (Å²) < 4.78 is 0. The Balaban J connectivity index is 1.63. The fourth-order valence-electron chi connectivity index (χ4n) is 3.08. The number of hydrogen-bond acceptors (Lipinski definition) is 2. The van der Waals surface area contributed by atoms with Crippen molar-refractivity contribution in [3.63, 3.8) is 0 Å². The molecule has 110 valence electrons. The van der Waals surface area contributed by atoms with Crippen LogP contribution < -0.4 is 10.6 Å². The van der Waals surface area contributed by atoms with E-state index in [9.17, 15) is 4.79 Å². The summed E-state index contributed by atoms with van der Waals surface area (Å²) in [4.78, 5) is 12.2. The first kappa shape index (κ1) is 14.1. The van der Waals surface area contributed by atoms with E-state index in [1.54, 1.807) is 0 Å². The maximum absolute atomic E-state index is 12.2. The zero-order chi connectivity index (χ0) is 14.7. The molecule has 2 N–H and O–H groups in total. The summed E-state index contributed by atoms with van der Waals surface area (Å²) in [6.07, 6.45) is 1.52. The molecule has 0 bridgehead atoms. The van der Waals surface area contributed by atoms with Crippen molar-refractivity contribution in [2.75, 3.05) is 13.1 Å². The fraction of sp³-hybridized carbons (Fsp3) is 0.389. The number of amides is 1. The number of benzene rings is 2. The lowest BCUT2D eigenvalue weighted by Gasteiger charge is -2.28. The first-order chi connectivity index (χ1) is 10.2. The summed E-state index contributed by atoms with van der Waals surface area (Å²) in [5, 5.41) is 8.91. The van der Waals surface area contributed by atoms with Gasteiger partial charge in [-0.25, -0.2) is 0 Å². The second kappa shape index (κ2) is 6.27. The highest BCUT2D eigenvalue weighted by Crippen LogP contribution is 2.16. The van der Waals surface area contributed by atoms with Crippen LogP contribution >= 0.6 is 0 Å². The molecule has 1 heterocycles. The Bertz CT molecular complexity index is 638. The molecular weight excluding hydrogens is 260 g/mol. The van der Waals surface area contributed by atoms with E-state index in [1.165, 1.54) is 10.8 Å². The van der Waals surface area contributed by atoms with Gasteiger partial charge in [0.15, 0.2) is 0 Å². The van der Waals surface area contributed by atoms with E-state index >= 15 is 0 Å². The van der Waals surface area contributed by atoms with Gasteiger partial charge in [0.1, 0.15) is 0 Å². The molecule has 0 aliphatic carbocycles. The number of hydrogen-bond donors (Lipinski definition) is 2. The van der Waals surface area contributed by atoms with Crippen LogP contribution in [0.25, 0.3) is 10.8 Å². The molecule has 3 nitrogen and oxygen atoms in total. The first-order valence-electron chi connectivity index (χ1n) is 7.68. The highest BCUT2D eigenvalue weighted by Gasteiger charge is 2.19. The molecule has 2 aromatic rings. The molecule has 0 aromatic heterocycles. The molecule has 1 aliphatic rings. The van der Waals surface area contributed by atoms with Crippen molar-refractivity contribution >= 4 is 16.7 Å². The van der Waals surface area contributed by atoms with Crippen molar-refractivity contribution in [2.24, 2.45) is 5.92 Å². The predicted molar refractivity (Wildman–Crippen MR) is 86.2 cm³/mol. The summed E-state index contributed by atoms with van der Waals surface area (Å²) in [7, 11) is 0. The molecule has 2 aromatic carbocycles. The number of rotatable bonds is 3. The monoisotopic (exact) mass is 282 g/mol. The Hall–Kier alpha value is -1.87. The first-order valence-corrected chi connectivity index (χ1v) is 7.68. The van der Waals surface area contributed by atoms with Gasteiger partial charge in [0, 0.05) is 12.6 Å². The minimum atomic E-state index is 0.117. The SMILES string of the molecule is CC1CNCC(NC(=O)Cc2ccc3ccccc3c2)C1. The summed E-state index contributed by atoms with van der Waals surface area (Å²) >= 11 is 0. The Morgan fingerprint density at radius 3 is 2.81 bits per heavy atom. The Labute approximate surface area is 125 Å². The average molecular weight is 282 g/mol. The van der Waals surface area contributed by atoms with Crippen LogP contribution in [0, 0.1) is 5.92 Å². The quantitative estimate of drug-likeness (QED) is 0.908. The maximum atomic E-state index is 12.2. The number of nitrogens with one attached hydrogen (secondary N) is 2. The molecule has 2 atom stereocenters. The van der Waals surface area contributed by atoms with Crippen LogP contribution in [0.2, 0.25) is 0 Å². The number of carbonyl (C=O) groups excluding carboxylic acids is 1. The van der Waals surface area contributed by atoms with Gasteiger partial charge in [0.05, 0.1) is 6.42 Å². The third-order valence-electron chi connectivity index (χ3n) is 4.11. The van der Waals surface area contributed by atoms with Crippen LogP contribution in [-0.2, 0) is 11.2 Å². The van der Waals surface area contributed by atoms with Crippen LogP contribution in [0.3, 0.4) is 0 Å². The fourth-order valence-corrected chi connectivity index (χ4v) is 3.08. The van der Waals surface area contributed by atoms with E-state index in [1.807, 2.05) is 18.2 Å². The maximum Gasteiger partial charge on any atom is 0.224 e. The van der Waals surface area contributed by atoms with E-state index < -0.39 is 0 Å². The molecule has 1 aliphatic heterocycles. The molecule has 1 amide bonds. The van der Waals surface area contributed by atoms with Gasteiger partial charge < -0.3 is 10.6 Å². The molecule has 3 rings (SSSR count). The number of piperidine rings is 1. The van der Waals surface area contributed by atoms with Gasteiger partial charge >= 0.3 is 0 Å². The second-order valence-corrected chi connectivity index (χ2v) is 6.12. The molecule has 2 unspecified atom stereocenters. The summed E-state index contributed by atoms with van der Waals surface area (Å²) in [5.74, 6) is 0.746. The van der Waals surface area contributed by atoms with Crippen molar-refractivity contribution in [3.8, 4) is 0 Å². The Kier molecular flexibility index (Phi) is 4.20. The molecule has 1 fully saturated rings. The van der Waals surface area contributed by atoms with E-state index in [0.717, 1.165) is 25.1 Å². The van der Waals surface area contributed by atoms with Crippen molar-refractivity contribution < 1.29 is 4.79 Å². The third kappa shape index (κ3) is 3.61. The lowest BCUT2D eigenvalue weighted by atomic mass is 9.97. The molecule has 0 spiro atoms. The van der Waals surface area contributed by atoms with Crippen molar-refractivity contribution in [2.45, 2.75) is 25.8 Å². The average Bonchev–Trinajstić information content (AvgIpc) is 2.47. The van der Waals surface area contributed by atoms with Gasteiger partial charge in [0.2, 0.25) is 5.91 Å². The van der Waals surface area contributed by atoms with Crippen LogP contribution in [0.4, 0.5) is 0 Å². The molecular formula is C18H22N2O. The topological polar surface area (TPSA) is 41.1 Å². The van der Waals surface area contributed by atoms with E-state index in [2.05, 4.69) is 41.8 Å². The Morgan fingerprint density at radius 2 is 2.00 bits per heavy atom. The summed E-state index contributed by atoms with van der Waals surface area (Å²) in [5.41, 5.74) is 1.07. The predicted octanol–water partition coefficient (Wildman–Crippen LogP) is 2.50. The molecule has 3 heteroatoms. The molecule has 0 radical (unpaired) electrons. The van der Waals surface area contributed by atoms with Gasteiger partial charge in [-0.15, -0.1) is 0 Å². The minimum Gasteiger partial charge on any atom is -0.352 e. The standard InChI is InChI=1S/C18H22N2O/c1-13-8-17(12-19-11-13)20-18(21)10-14-6-7-15-4-2-3-5-16(15)9-14/h2-7,9,13,17,19H,8,10-12H2,1H3,(H,20,21).